The van der Waals surface area contributed by atoms with E-state index in [1.807, 2.05) is 12.1 Å². The van der Waals surface area contributed by atoms with E-state index in [1.54, 1.807) is 0 Å². The van der Waals surface area contributed by atoms with Gasteiger partial charge in [0, 0.05) is 69.6 Å². The molecule has 4 aromatic rings. The molecule has 34 heavy (non-hydrogen) atoms. The summed E-state index contributed by atoms with van der Waals surface area (Å²) in [6.07, 6.45) is 12.7. The minimum absolute atomic E-state index is 0.0380. The van der Waals surface area contributed by atoms with Gasteiger partial charge in [0.05, 0.1) is 6.42 Å². The SMILES string of the molecule is O=C1CC(=O)C2=C1c1cn(c3ccccc13)CCCCCCCCCn1cc2c2ccccc21. The van der Waals surface area contributed by atoms with Crippen LogP contribution in [0.1, 0.15) is 62.5 Å². The number of carbonyl (C=O) groups is 2. The van der Waals surface area contributed by atoms with Crippen molar-refractivity contribution in [1.82, 2.24) is 9.13 Å². The lowest BCUT2D eigenvalue weighted by Crippen LogP contribution is -1.98. The van der Waals surface area contributed by atoms with Crippen molar-refractivity contribution in [2.75, 3.05) is 0 Å². The van der Waals surface area contributed by atoms with Crippen LogP contribution in [0.5, 0.6) is 0 Å². The van der Waals surface area contributed by atoms with Gasteiger partial charge in [-0.2, -0.15) is 0 Å². The molecule has 4 heteroatoms. The highest BCUT2D eigenvalue weighted by Gasteiger charge is 2.35. The Morgan fingerprint density at radius 1 is 0.529 bits per heavy atom. The van der Waals surface area contributed by atoms with Crippen molar-refractivity contribution in [3.05, 3.63) is 72.1 Å². The normalized spacial score (nSPS) is 18.0. The first-order chi connectivity index (χ1) is 16.7. The molecular weight excluding hydrogens is 420 g/mol. The number of Topliss-reactive ketones (excluding diaryl/α,β-unsaturated/α-hetero) is 2. The van der Waals surface area contributed by atoms with Gasteiger partial charge in [-0.25, -0.2) is 0 Å². The fourth-order valence-corrected chi connectivity index (χ4v) is 5.88. The third-order valence-electron chi connectivity index (χ3n) is 7.54. The molecule has 3 heterocycles. The highest BCUT2D eigenvalue weighted by molar-refractivity contribution is 6.52. The Kier molecular flexibility index (Phi) is 5.44. The molecule has 4 bridgehead atoms. The number of ketones is 2. The van der Waals surface area contributed by atoms with E-state index < -0.39 is 0 Å². The van der Waals surface area contributed by atoms with Gasteiger partial charge in [-0.15, -0.1) is 0 Å². The van der Waals surface area contributed by atoms with Gasteiger partial charge in [-0.1, -0.05) is 68.5 Å². The van der Waals surface area contributed by atoms with E-state index in [0.29, 0.717) is 11.1 Å². The number of carbonyl (C=O) groups excluding carboxylic acids is 2. The number of hydrogen-bond donors (Lipinski definition) is 0. The van der Waals surface area contributed by atoms with E-state index in [4.69, 9.17) is 0 Å². The maximum atomic E-state index is 13.3. The molecular formula is C30H30N2O2. The molecule has 1 aliphatic carbocycles. The number of aromatic nitrogens is 2. The second kappa shape index (κ2) is 8.75. The first kappa shape index (κ1) is 21.2. The molecule has 4 nitrogen and oxygen atoms in total. The van der Waals surface area contributed by atoms with Crippen molar-refractivity contribution in [2.45, 2.75) is 64.5 Å². The summed E-state index contributed by atoms with van der Waals surface area (Å²) in [6, 6.07) is 16.6. The molecule has 0 fully saturated rings. The molecule has 0 spiro atoms. The molecule has 0 saturated carbocycles. The fourth-order valence-electron chi connectivity index (χ4n) is 5.88. The summed E-state index contributed by atoms with van der Waals surface area (Å²) >= 11 is 0. The van der Waals surface area contributed by atoms with E-state index in [-0.39, 0.29) is 18.0 Å². The molecule has 0 atom stereocenters. The smallest absolute Gasteiger partial charge is 0.172 e. The van der Waals surface area contributed by atoms with Crippen LogP contribution < -0.4 is 0 Å². The fraction of sp³-hybridized carbons (Fsp3) is 0.333. The lowest BCUT2D eigenvalue weighted by molar-refractivity contribution is -0.119. The summed E-state index contributed by atoms with van der Waals surface area (Å²) in [5.74, 6) is -0.115. The molecule has 172 valence electrons. The number of nitrogens with zero attached hydrogens (tertiary/aromatic N) is 2. The molecule has 0 unspecified atom stereocenters. The van der Waals surface area contributed by atoms with Crippen LogP contribution in [0.3, 0.4) is 0 Å². The minimum atomic E-state index is -0.0577. The Morgan fingerprint density at radius 3 is 1.41 bits per heavy atom. The largest absolute Gasteiger partial charge is 0.347 e. The van der Waals surface area contributed by atoms with E-state index in [2.05, 4.69) is 57.9 Å². The highest BCUT2D eigenvalue weighted by atomic mass is 16.2. The van der Waals surface area contributed by atoms with Crippen molar-refractivity contribution >= 4 is 44.5 Å². The second-order valence-corrected chi connectivity index (χ2v) is 9.75. The standard InChI is InChI=1S/C30H30N2O2/c33-27-18-28(34)30-24-20-32(26-15-9-7-13-22(24)26)17-11-5-3-1-2-4-10-16-31-19-23(29(27)30)21-12-6-8-14-25(21)31/h6-9,12-15,19-20H,1-5,10-11,16-18H2. The second-order valence-electron chi connectivity index (χ2n) is 9.75. The number of allylic oxidation sites excluding steroid dienone is 2. The van der Waals surface area contributed by atoms with Gasteiger partial charge in [0.25, 0.3) is 0 Å². The molecule has 6 rings (SSSR count). The van der Waals surface area contributed by atoms with Crippen LogP contribution in [0, 0.1) is 0 Å². The van der Waals surface area contributed by atoms with Gasteiger partial charge in [-0.3, -0.25) is 9.59 Å². The zero-order chi connectivity index (χ0) is 23.1. The predicted molar refractivity (Wildman–Crippen MR) is 138 cm³/mol. The van der Waals surface area contributed by atoms with Gasteiger partial charge >= 0.3 is 0 Å². The van der Waals surface area contributed by atoms with Crippen molar-refractivity contribution in [1.29, 1.82) is 0 Å². The maximum Gasteiger partial charge on any atom is 0.172 e. The van der Waals surface area contributed by atoms with Crippen molar-refractivity contribution < 1.29 is 9.59 Å². The Bertz CT molecular complexity index is 1340. The third kappa shape index (κ3) is 3.53. The molecule has 2 aromatic heterocycles. The Hall–Kier alpha value is -3.40. The summed E-state index contributed by atoms with van der Waals surface area (Å²) < 4.78 is 4.57. The minimum Gasteiger partial charge on any atom is -0.347 e. The quantitative estimate of drug-likeness (QED) is 0.277. The van der Waals surface area contributed by atoms with Crippen LogP contribution in [-0.2, 0) is 22.7 Å². The number of rotatable bonds is 0. The summed E-state index contributed by atoms with van der Waals surface area (Å²) in [4.78, 5) is 26.6. The highest BCUT2D eigenvalue weighted by Crippen LogP contribution is 2.41. The van der Waals surface area contributed by atoms with Crippen molar-refractivity contribution in [3.63, 3.8) is 0 Å². The Balaban J connectivity index is 1.61. The number of aryl methyl sites for hydroxylation is 2. The van der Waals surface area contributed by atoms with Crippen molar-refractivity contribution in [2.24, 2.45) is 0 Å². The first-order valence-electron chi connectivity index (χ1n) is 12.7. The van der Waals surface area contributed by atoms with E-state index in [1.165, 1.54) is 32.1 Å². The van der Waals surface area contributed by atoms with Crippen LogP contribution in [0.15, 0.2) is 60.9 Å². The molecule has 0 amide bonds. The topological polar surface area (TPSA) is 44.0 Å². The van der Waals surface area contributed by atoms with Crippen LogP contribution in [0.4, 0.5) is 0 Å². The Morgan fingerprint density at radius 2 is 0.941 bits per heavy atom. The lowest BCUT2D eigenvalue weighted by atomic mass is 9.95. The summed E-state index contributed by atoms with van der Waals surface area (Å²) in [7, 11) is 0. The van der Waals surface area contributed by atoms with Crippen LogP contribution in [-0.4, -0.2) is 20.7 Å². The zero-order valence-corrected chi connectivity index (χ0v) is 19.6. The average molecular weight is 451 g/mol. The Labute approximate surface area is 199 Å². The molecule has 2 aliphatic rings. The molecule has 0 radical (unpaired) electrons. The van der Waals surface area contributed by atoms with Gasteiger partial charge in [0.2, 0.25) is 0 Å². The average Bonchev–Trinajstić information content (AvgIpc) is 3.48. The monoisotopic (exact) mass is 450 g/mol. The van der Waals surface area contributed by atoms with Gasteiger partial charge in [-0.05, 0) is 25.0 Å². The van der Waals surface area contributed by atoms with Gasteiger partial charge in [0.15, 0.2) is 11.6 Å². The van der Waals surface area contributed by atoms with Crippen LogP contribution in [0.2, 0.25) is 0 Å². The molecule has 2 aromatic carbocycles. The van der Waals surface area contributed by atoms with E-state index in [9.17, 15) is 9.59 Å². The maximum absolute atomic E-state index is 13.3. The lowest BCUT2D eigenvalue weighted by Gasteiger charge is -2.07. The molecule has 1 aliphatic heterocycles. The van der Waals surface area contributed by atoms with Gasteiger partial charge in [0.1, 0.15) is 0 Å². The van der Waals surface area contributed by atoms with E-state index in [0.717, 1.165) is 58.9 Å². The summed E-state index contributed by atoms with van der Waals surface area (Å²) in [5, 5.41) is 2.12. The zero-order valence-electron chi connectivity index (χ0n) is 19.6. The first-order valence-corrected chi connectivity index (χ1v) is 12.7. The van der Waals surface area contributed by atoms with Crippen LogP contribution in [0.25, 0.3) is 33.0 Å². The number of fused-ring (bicyclic) bond motifs is 12. The van der Waals surface area contributed by atoms with Crippen LogP contribution >= 0.6 is 0 Å². The predicted octanol–water partition coefficient (Wildman–Crippen LogP) is 6.79. The summed E-state index contributed by atoms with van der Waals surface area (Å²) in [5.41, 5.74) is 5.30. The number of benzene rings is 2. The third-order valence-corrected chi connectivity index (χ3v) is 7.54. The van der Waals surface area contributed by atoms with Crippen molar-refractivity contribution in [3.8, 4) is 0 Å². The molecule has 0 saturated heterocycles. The summed E-state index contributed by atoms with van der Waals surface area (Å²) in [6.45, 7) is 1.87. The molecule has 0 N–H and O–H groups in total. The number of hydrogen-bond acceptors (Lipinski definition) is 2. The van der Waals surface area contributed by atoms with E-state index >= 15 is 0 Å². The number of para-hydroxylation sites is 2. The van der Waals surface area contributed by atoms with Gasteiger partial charge < -0.3 is 9.13 Å².